The molecule has 0 aliphatic carbocycles. The predicted molar refractivity (Wildman–Crippen MR) is 79.9 cm³/mol. The summed E-state index contributed by atoms with van der Waals surface area (Å²) >= 11 is 6.15. The molecule has 0 spiro atoms. The molecule has 1 fully saturated rings. The number of nitrogens with zero attached hydrogens (tertiary/aromatic N) is 1. The smallest absolute Gasteiger partial charge is 0.221 e. The largest absolute Gasteiger partial charge is 0.381 e. The predicted octanol–water partition coefficient (Wildman–Crippen LogP) is 2.80. The second-order valence-corrected chi connectivity index (χ2v) is 5.53. The van der Waals surface area contributed by atoms with Crippen LogP contribution in [-0.4, -0.2) is 37.0 Å². The molecule has 0 saturated carbocycles. The molecule has 0 aromatic heterocycles. The highest BCUT2D eigenvalue weighted by Crippen LogP contribution is 2.26. The summed E-state index contributed by atoms with van der Waals surface area (Å²) < 4.78 is 0. The number of rotatable bonds is 3. The molecule has 1 heterocycles. The number of nitrogens with one attached hydrogen (secondary N) is 2. The number of hydrogen-bond donors (Lipinski definition) is 2. The van der Waals surface area contributed by atoms with Gasteiger partial charge in [0.15, 0.2) is 0 Å². The van der Waals surface area contributed by atoms with E-state index in [0.29, 0.717) is 16.8 Å². The van der Waals surface area contributed by atoms with Crippen LogP contribution in [0.25, 0.3) is 0 Å². The summed E-state index contributed by atoms with van der Waals surface area (Å²) in [5.41, 5.74) is 1.65. The number of likely N-dealkylation sites (N-methyl/N-ethyl adjacent to an activating group) is 1. The quantitative estimate of drug-likeness (QED) is 0.895. The molecule has 1 unspecified atom stereocenters. The third kappa shape index (κ3) is 4.11. The number of carbonyl (C=O) groups is 1. The van der Waals surface area contributed by atoms with Gasteiger partial charge >= 0.3 is 0 Å². The van der Waals surface area contributed by atoms with E-state index in [9.17, 15) is 4.79 Å². The van der Waals surface area contributed by atoms with Gasteiger partial charge in [-0.15, -0.1) is 0 Å². The monoisotopic (exact) mass is 281 g/mol. The standard InChI is InChI=1S/C14H20ClN3O/c1-10(19)16-14-6-5-11(8-13(14)15)17-12-4-3-7-18(2)9-12/h5-6,8,12,17H,3-4,7,9H2,1-2H3,(H,16,19). The summed E-state index contributed by atoms with van der Waals surface area (Å²) in [5.74, 6) is -0.114. The first-order valence-electron chi connectivity index (χ1n) is 6.57. The molecule has 5 heteroatoms. The molecule has 1 atom stereocenters. The molecule has 1 saturated heterocycles. The lowest BCUT2D eigenvalue weighted by Gasteiger charge is -2.31. The van der Waals surface area contributed by atoms with Gasteiger partial charge in [-0.05, 0) is 44.6 Å². The lowest BCUT2D eigenvalue weighted by molar-refractivity contribution is -0.114. The zero-order valence-corrected chi connectivity index (χ0v) is 12.1. The number of piperidine rings is 1. The van der Waals surface area contributed by atoms with Crippen LogP contribution < -0.4 is 10.6 Å². The Balaban J connectivity index is 2.01. The fourth-order valence-corrected chi connectivity index (χ4v) is 2.64. The second kappa shape index (κ2) is 6.26. The molecular formula is C14H20ClN3O. The molecule has 104 valence electrons. The first-order valence-corrected chi connectivity index (χ1v) is 6.94. The molecule has 1 aromatic carbocycles. The van der Waals surface area contributed by atoms with Gasteiger partial charge in [-0.2, -0.15) is 0 Å². The lowest BCUT2D eigenvalue weighted by Crippen LogP contribution is -2.39. The average molecular weight is 282 g/mol. The van der Waals surface area contributed by atoms with E-state index in [0.717, 1.165) is 12.2 Å². The second-order valence-electron chi connectivity index (χ2n) is 5.12. The number of carbonyl (C=O) groups excluding carboxylic acids is 1. The minimum absolute atomic E-state index is 0.114. The van der Waals surface area contributed by atoms with Crippen molar-refractivity contribution in [3.05, 3.63) is 23.2 Å². The fourth-order valence-electron chi connectivity index (χ4n) is 2.42. The van der Waals surface area contributed by atoms with E-state index in [4.69, 9.17) is 11.6 Å². The summed E-state index contributed by atoms with van der Waals surface area (Å²) in [6, 6.07) is 6.10. The molecule has 0 bridgehead atoms. The number of hydrogen-bond acceptors (Lipinski definition) is 3. The molecule has 2 N–H and O–H groups in total. The highest BCUT2D eigenvalue weighted by molar-refractivity contribution is 6.34. The zero-order chi connectivity index (χ0) is 13.8. The summed E-state index contributed by atoms with van der Waals surface area (Å²) in [7, 11) is 2.14. The van der Waals surface area contributed by atoms with Gasteiger partial charge in [0.1, 0.15) is 0 Å². The highest BCUT2D eigenvalue weighted by atomic mass is 35.5. The van der Waals surface area contributed by atoms with Gasteiger partial charge in [-0.1, -0.05) is 11.6 Å². The summed E-state index contributed by atoms with van der Waals surface area (Å²) in [4.78, 5) is 13.3. The van der Waals surface area contributed by atoms with Gasteiger partial charge in [0, 0.05) is 25.2 Å². The minimum atomic E-state index is -0.114. The summed E-state index contributed by atoms with van der Waals surface area (Å²) in [6.07, 6.45) is 2.39. The van der Waals surface area contributed by atoms with Crippen molar-refractivity contribution in [3.63, 3.8) is 0 Å². The number of benzene rings is 1. The maximum atomic E-state index is 11.0. The van der Waals surface area contributed by atoms with Gasteiger partial charge in [0.05, 0.1) is 10.7 Å². The number of halogens is 1. The van der Waals surface area contributed by atoms with Gasteiger partial charge in [-0.3, -0.25) is 4.79 Å². The Bertz CT molecular complexity index is 464. The van der Waals surface area contributed by atoms with E-state index in [1.807, 2.05) is 18.2 Å². The molecule has 4 nitrogen and oxygen atoms in total. The number of anilines is 2. The van der Waals surface area contributed by atoms with Crippen LogP contribution in [0.15, 0.2) is 18.2 Å². The van der Waals surface area contributed by atoms with Gasteiger partial charge in [0.2, 0.25) is 5.91 Å². The van der Waals surface area contributed by atoms with Crippen molar-refractivity contribution in [2.75, 3.05) is 30.8 Å². The lowest BCUT2D eigenvalue weighted by atomic mass is 10.1. The average Bonchev–Trinajstić information content (AvgIpc) is 2.32. The van der Waals surface area contributed by atoms with Crippen LogP contribution in [0.3, 0.4) is 0 Å². The van der Waals surface area contributed by atoms with E-state index in [1.54, 1.807) is 0 Å². The van der Waals surface area contributed by atoms with Gasteiger partial charge in [-0.25, -0.2) is 0 Å². The first kappa shape index (κ1) is 14.2. The normalized spacial score (nSPS) is 20.1. The maximum Gasteiger partial charge on any atom is 0.221 e. The Morgan fingerprint density at radius 3 is 2.89 bits per heavy atom. The number of likely N-dealkylation sites (tertiary alicyclic amines) is 1. The van der Waals surface area contributed by atoms with Crippen LogP contribution in [-0.2, 0) is 4.79 Å². The molecule has 1 aliphatic rings. The third-order valence-electron chi connectivity index (χ3n) is 3.28. The van der Waals surface area contributed by atoms with Crippen molar-refractivity contribution in [3.8, 4) is 0 Å². The van der Waals surface area contributed by atoms with E-state index in [-0.39, 0.29) is 5.91 Å². The Labute approximate surface area is 119 Å². The van der Waals surface area contributed by atoms with Crippen molar-refractivity contribution in [1.29, 1.82) is 0 Å². The Hall–Kier alpha value is -1.26. The van der Waals surface area contributed by atoms with Gasteiger partial charge in [0.25, 0.3) is 0 Å². The van der Waals surface area contributed by atoms with Crippen molar-refractivity contribution in [2.45, 2.75) is 25.8 Å². The van der Waals surface area contributed by atoms with Crippen LogP contribution in [0, 0.1) is 0 Å². The van der Waals surface area contributed by atoms with Crippen LogP contribution in [0.5, 0.6) is 0 Å². The minimum Gasteiger partial charge on any atom is -0.381 e. The van der Waals surface area contributed by atoms with E-state index >= 15 is 0 Å². The van der Waals surface area contributed by atoms with Crippen molar-refractivity contribution < 1.29 is 4.79 Å². The van der Waals surface area contributed by atoms with Crippen LogP contribution >= 0.6 is 11.6 Å². The Kier molecular flexibility index (Phi) is 4.66. The third-order valence-corrected chi connectivity index (χ3v) is 3.59. The van der Waals surface area contributed by atoms with Crippen molar-refractivity contribution in [1.82, 2.24) is 4.90 Å². The summed E-state index contributed by atoms with van der Waals surface area (Å²) in [5, 5.41) is 6.76. The van der Waals surface area contributed by atoms with Gasteiger partial charge < -0.3 is 15.5 Å². The first-order chi connectivity index (χ1) is 9.04. The van der Waals surface area contributed by atoms with E-state index in [2.05, 4.69) is 22.6 Å². The van der Waals surface area contributed by atoms with Crippen molar-refractivity contribution >= 4 is 28.9 Å². The van der Waals surface area contributed by atoms with E-state index in [1.165, 1.54) is 26.3 Å². The molecule has 1 aromatic rings. The zero-order valence-electron chi connectivity index (χ0n) is 11.4. The van der Waals surface area contributed by atoms with Crippen LogP contribution in [0.4, 0.5) is 11.4 Å². The molecule has 2 rings (SSSR count). The van der Waals surface area contributed by atoms with Crippen LogP contribution in [0.2, 0.25) is 5.02 Å². The van der Waals surface area contributed by atoms with E-state index < -0.39 is 0 Å². The van der Waals surface area contributed by atoms with Crippen molar-refractivity contribution in [2.24, 2.45) is 0 Å². The molecule has 1 aliphatic heterocycles. The van der Waals surface area contributed by atoms with Crippen LogP contribution in [0.1, 0.15) is 19.8 Å². The SMILES string of the molecule is CC(=O)Nc1ccc(NC2CCCN(C)C2)cc1Cl. The highest BCUT2D eigenvalue weighted by Gasteiger charge is 2.17. The molecule has 1 amide bonds. The number of amides is 1. The molecular weight excluding hydrogens is 262 g/mol. The summed E-state index contributed by atoms with van der Waals surface area (Å²) in [6.45, 7) is 3.69. The topological polar surface area (TPSA) is 44.4 Å². The Morgan fingerprint density at radius 2 is 2.26 bits per heavy atom. The molecule has 19 heavy (non-hydrogen) atoms. The Morgan fingerprint density at radius 1 is 1.47 bits per heavy atom. The fraction of sp³-hybridized carbons (Fsp3) is 0.500. The maximum absolute atomic E-state index is 11.0. The molecule has 0 radical (unpaired) electrons.